The molecule has 2 aromatic heterocycles. The normalized spacial score (nSPS) is 21.7. The van der Waals surface area contributed by atoms with Crippen LogP contribution in [0.25, 0.3) is 17.2 Å². The van der Waals surface area contributed by atoms with E-state index in [1.54, 1.807) is 0 Å². The van der Waals surface area contributed by atoms with Gasteiger partial charge in [0.1, 0.15) is 0 Å². The van der Waals surface area contributed by atoms with Gasteiger partial charge < -0.3 is 4.42 Å². The number of fused-ring (bicyclic) bond motifs is 1. The molecule has 3 heteroatoms. The molecule has 1 aliphatic carbocycles. The first-order valence-corrected chi connectivity index (χ1v) is 9.36. The topological polar surface area (TPSA) is 49.8 Å². The van der Waals surface area contributed by atoms with Crippen LogP contribution in [-0.4, -0.2) is 4.98 Å². The van der Waals surface area contributed by atoms with Crippen LogP contribution in [0.15, 0.2) is 65.6 Å². The summed E-state index contributed by atoms with van der Waals surface area (Å²) in [7, 11) is 0. The lowest BCUT2D eigenvalue weighted by atomic mass is 9.72. The summed E-state index contributed by atoms with van der Waals surface area (Å²) in [5.41, 5.74) is 6.09. The Bertz CT molecular complexity index is 1010. The third-order valence-electron chi connectivity index (χ3n) is 5.76. The van der Waals surface area contributed by atoms with Gasteiger partial charge in [-0.1, -0.05) is 44.2 Å². The van der Waals surface area contributed by atoms with Gasteiger partial charge in [-0.25, -0.2) is 0 Å². The second kappa shape index (κ2) is 7.25. The lowest BCUT2D eigenvalue weighted by Crippen LogP contribution is -2.23. The zero-order valence-electron chi connectivity index (χ0n) is 15.6. The lowest BCUT2D eigenvalue weighted by Gasteiger charge is -2.32. The lowest BCUT2D eigenvalue weighted by molar-refractivity contribution is 0.333. The van der Waals surface area contributed by atoms with Crippen molar-refractivity contribution in [2.75, 3.05) is 0 Å². The summed E-state index contributed by atoms with van der Waals surface area (Å²) >= 11 is 0. The summed E-state index contributed by atoms with van der Waals surface area (Å²) in [4.78, 5) is 4.58. The van der Waals surface area contributed by atoms with E-state index < -0.39 is 0 Å². The molecule has 3 aromatic rings. The highest BCUT2D eigenvalue weighted by Gasteiger charge is 2.31. The molecule has 0 bridgehead atoms. The second-order valence-electron chi connectivity index (χ2n) is 7.41. The van der Waals surface area contributed by atoms with E-state index in [0.29, 0.717) is 23.3 Å². The maximum atomic E-state index is 9.28. The monoisotopic (exact) mass is 354 g/mol. The van der Waals surface area contributed by atoms with E-state index >= 15 is 0 Å². The minimum Gasteiger partial charge on any atom is -0.472 e. The smallest absolute Gasteiger partial charge is 0.0998 e. The summed E-state index contributed by atoms with van der Waals surface area (Å²) in [6.45, 7) is 4.62. The van der Waals surface area contributed by atoms with Crippen molar-refractivity contribution in [3.63, 3.8) is 0 Å². The summed E-state index contributed by atoms with van der Waals surface area (Å²) < 4.78 is 5.46. The van der Waals surface area contributed by atoms with Crippen molar-refractivity contribution in [2.45, 2.75) is 26.2 Å². The van der Waals surface area contributed by atoms with Crippen LogP contribution in [0.3, 0.4) is 0 Å². The first-order valence-electron chi connectivity index (χ1n) is 9.36. The van der Waals surface area contributed by atoms with E-state index in [4.69, 9.17) is 4.42 Å². The largest absolute Gasteiger partial charge is 0.472 e. The molecule has 2 heterocycles. The van der Waals surface area contributed by atoms with Crippen molar-refractivity contribution in [1.82, 2.24) is 4.98 Å². The predicted octanol–water partition coefficient (Wildman–Crippen LogP) is 5.84. The fourth-order valence-electron chi connectivity index (χ4n) is 3.94. The minimum atomic E-state index is 0.350. The highest BCUT2D eigenvalue weighted by atomic mass is 16.3. The highest BCUT2D eigenvalue weighted by Crippen LogP contribution is 2.41. The number of allylic oxidation sites excluding steroid dienone is 1. The van der Waals surface area contributed by atoms with Crippen LogP contribution >= 0.6 is 0 Å². The van der Waals surface area contributed by atoms with Crippen molar-refractivity contribution in [3.8, 4) is 17.2 Å². The summed E-state index contributed by atoms with van der Waals surface area (Å²) in [5, 5.41) is 9.28. The second-order valence-corrected chi connectivity index (χ2v) is 7.41. The third-order valence-corrected chi connectivity index (χ3v) is 5.76. The molecule has 27 heavy (non-hydrogen) atoms. The molecule has 0 amide bonds. The standard InChI is InChI=1S/C24H22N2O/c1-16-11-20-14-27-15-24(20)22(17(16)2)10-9-21-8-7-19(13-26-21)23-6-4-3-5-18(23)12-25/h3-10,13-17,22H,11H2,1-2H3/b10-9+. The fraction of sp³-hybridized carbons (Fsp3) is 0.250. The van der Waals surface area contributed by atoms with E-state index in [1.807, 2.05) is 55.1 Å². The van der Waals surface area contributed by atoms with E-state index in [0.717, 1.165) is 23.2 Å². The SMILES string of the molecule is CC1Cc2cocc2C(/C=C/c2ccc(-c3ccccc3C#N)cn2)C1C. The Morgan fingerprint density at radius 2 is 2.00 bits per heavy atom. The Hall–Kier alpha value is -3.12. The van der Waals surface area contributed by atoms with E-state index in [-0.39, 0.29) is 0 Å². The number of benzene rings is 1. The zero-order valence-corrected chi connectivity index (χ0v) is 15.6. The first-order chi connectivity index (χ1) is 13.2. The van der Waals surface area contributed by atoms with Crippen LogP contribution in [0.2, 0.25) is 0 Å². The average molecular weight is 354 g/mol. The number of hydrogen-bond donors (Lipinski definition) is 0. The Balaban J connectivity index is 1.58. The maximum Gasteiger partial charge on any atom is 0.0998 e. The Kier molecular flexibility index (Phi) is 4.64. The van der Waals surface area contributed by atoms with Gasteiger partial charge >= 0.3 is 0 Å². The van der Waals surface area contributed by atoms with E-state index in [1.165, 1.54) is 11.1 Å². The third kappa shape index (κ3) is 3.31. The van der Waals surface area contributed by atoms with Gasteiger partial charge in [0.25, 0.3) is 0 Å². The van der Waals surface area contributed by atoms with Gasteiger partial charge in [-0.15, -0.1) is 0 Å². The van der Waals surface area contributed by atoms with Crippen LogP contribution in [0.4, 0.5) is 0 Å². The molecule has 0 spiro atoms. The number of furan rings is 1. The van der Waals surface area contributed by atoms with Crippen molar-refractivity contribution < 1.29 is 4.42 Å². The average Bonchev–Trinajstić information content (AvgIpc) is 3.16. The molecule has 1 aromatic carbocycles. The van der Waals surface area contributed by atoms with Gasteiger partial charge in [-0.05, 0) is 42.0 Å². The number of pyridine rings is 1. The number of nitrogens with zero attached hydrogens (tertiary/aromatic N) is 2. The van der Waals surface area contributed by atoms with Crippen LogP contribution in [0.1, 0.15) is 42.1 Å². The van der Waals surface area contributed by atoms with Crippen LogP contribution in [0, 0.1) is 23.2 Å². The molecule has 134 valence electrons. The van der Waals surface area contributed by atoms with Gasteiger partial charge in [0.05, 0.1) is 29.9 Å². The van der Waals surface area contributed by atoms with Crippen molar-refractivity contribution in [2.24, 2.45) is 11.8 Å². The number of hydrogen-bond acceptors (Lipinski definition) is 3. The number of aromatic nitrogens is 1. The Labute approximate surface area is 160 Å². The molecule has 3 nitrogen and oxygen atoms in total. The van der Waals surface area contributed by atoms with Crippen molar-refractivity contribution >= 4 is 6.08 Å². The van der Waals surface area contributed by atoms with Crippen LogP contribution in [-0.2, 0) is 6.42 Å². The molecule has 3 atom stereocenters. The molecule has 0 radical (unpaired) electrons. The van der Waals surface area contributed by atoms with E-state index in [2.05, 4.69) is 37.1 Å². The summed E-state index contributed by atoms with van der Waals surface area (Å²) in [6.07, 6.45) is 11.0. The minimum absolute atomic E-state index is 0.350. The summed E-state index contributed by atoms with van der Waals surface area (Å²) in [5.74, 6) is 1.54. The molecular formula is C24H22N2O. The van der Waals surface area contributed by atoms with Gasteiger partial charge in [0, 0.05) is 28.8 Å². The van der Waals surface area contributed by atoms with Crippen molar-refractivity contribution in [1.29, 1.82) is 5.26 Å². The highest BCUT2D eigenvalue weighted by molar-refractivity contribution is 5.70. The fourth-order valence-corrected chi connectivity index (χ4v) is 3.94. The van der Waals surface area contributed by atoms with Crippen LogP contribution in [0.5, 0.6) is 0 Å². The van der Waals surface area contributed by atoms with Gasteiger partial charge in [-0.3, -0.25) is 4.98 Å². The molecule has 3 unspecified atom stereocenters. The molecule has 4 rings (SSSR count). The molecule has 0 fully saturated rings. The Morgan fingerprint density at radius 1 is 1.15 bits per heavy atom. The van der Waals surface area contributed by atoms with Crippen molar-refractivity contribution in [3.05, 3.63) is 83.6 Å². The van der Waals surface area contributed by atoms with E-state index in [9.17, 15) is 5.26 Å². The molecule has 0 N–H and O–H groups in total. The molecule has 0 saturated carbocycles. The number of nitriles is 1. The molecule has 0 aliphatic heterocycles. The zero-order chi connectivity index (χ0) is 18.8. The molecule has 1 aliphatic rings. The molecule has 0 saturated heterocycles. The van der Waals surface area contributed by atoms with Gasteiger partial charge in [-0.2, -0.15) is 5.26 Å². The number of rotatable bonds is 3. The van der Waals surface area contributed by atoms with Gasteiger partial charge in [0.15, 0.2) is 0 Å². The quantitative estimate of drug-likeness (QED) is 0.594. The predicted molar refractivity (Wildman–Crippen MR) is 107 cm³/mol. The van der Waals surface area contributed by atoms with Crippen LogP contribution < -0.4 is 0 Å². The first kappa shape index (κ1) is 17.3. The summed E-state index contributed by atoms with van der Waals surface area (Å²) in [6, 6.07) is 13.9. The maximum absolute atomic E-state index is 9.28. The van der Waals surface area contributed by atoms with Gasteiger partial charge in [0.2, 0.25) is 0 Å². The Morgan fingerprint density at radius 3 is 2.78 bits per heavy atom. The molecular weight excluding hydrogens is 332 g/mol.